The Balaban J connectivity index is 2.57. The van der Waals surface area contributed by atoms with E-state index in [9.17, 15) is 9.59 Å². The van der Waals surface area contributed by atoms with E-state index < -0.39 is 0 Å². The van der Waals surface area contributed by atoms with Gasteiger partial charge in [-0.15, -0.1) is 0 Å². The first-order valence-electron chi connectivity index (χ1n) is 5.01. The Morgan fingerprint density at radius 3 is 2.50 bits per heavy atom. The van der Waals surface area contributed by atoms with E-state index in [1.165, 1.54) is 6.08 Å². The minimum atomic E-state index is -0.169. The van der Waals surface area contributed by atoms with Crippen LogP contribution in [0.3, 0.4) is 0 Å². The van der Waals surface area contributed by atoms with Gasteiger partial charge in [0.2, 0.25) is 12.2 Å². The SMILES string of the molecule is O=C=NCCC(Cc1ccccc1)N=C=O. The van der Waals surface area contributed by atoms with Crippen LogP contribution in [0.5, 0.6) is 0 Å². The predicted octanol–water partition coefficient (Wildman–Crippen LogP) is 1.66. The molecule has 0 aliphatic heterocycles. The van der Waals surface area contributed by atoms with Crippen LogP contribution in [0.25, 0.3) is 0 Å². The number of aliphatic imine (C=N–C) groups is 2. The van der Waals surface area contributed by atoms with Gasteiger partial charge >= 0.3 is 0 Å². The molecule has 4 nitrogen and oxygen atoms in total. The van der Waals surface area contributed by atoms with Crippen molar-refractivity contribution in [3.8, 4) is 0 Å². The molecule has 0 saturated carbocycles. The van der Waals surface area contributed by atoms with E-state index in [-0.39, 0.29) is 6.04 Å². The van der Waals surface area contributed by atoms with Crippen molar-refractivity contribution in [2.24, 2.45) is 9.98 Å². The fourth-order valence-corrected chi connectivity index (χ4v) is 1.43. The Kier molecular flexibility index (Phi) is 5.49. The monoisotopic (exact) mass is 216 g/mol. The maximum Gasteiger partial charge on any atom is 0.235 e. The molecule has 0 radical (unpaired) electrons. The third-order valence-corrected chi connectivity index (χ3v) is 2.19. The van der Waals surface area contributed by atoms with Crippen molar-refractivity contribution in [1.29, 1.82) is 0 Å². The second-order valence-electron chi connectivity index (χ2n) is 3.33. The normalized spacial score (nSPS) is 11.0. The average molecular weight is 216 g/mol. The van der Waals surface area contributed by atoms with Gasteiger partial charge in [-0.2, -0.15) is 0 Å². The first-order chi connectivity index (χ1) is 7.86. The van der Waals surface area contributed by atoms with Gasteiger partial charge in [0.05, 0.1) is 12.6 Å². The topological polar surface area (TPSA) is 58.9 Å². The number of hydrogen-bond donors (Lipinski definition) is 0. The van der Waals surface area contributed by atoms with Gasteiger partial charge in [-0.1, -0.05) is 30.3 Å². The highest BCUT2D eigenvalue weighted by atomic mass is 16.1. The summed E-state index contributed by atoms with van der Waals surface area (Å²) in [5, 5.41) is 0. The van der Waals surface area contributed by atoms with Gasteiger partial charge < -0.3 is 0 Å². The van der Waals surface area contributed by atoms with E-state index in [2.05, 4.69) is 9.98 Å². The number of carbonyl (C=O) groups excluding carboxylic acids is 2. The Morgan fingerprint density at radius 1 is 1.12 bits per heavy atom. The van der Waals surface area contributed by atoms with Crippen LogP contribution in [0.1, 0.15) is 12.0 Å². The highest BCUT2D eigenvalue weighted by Gasteiger charge is 2.07. The van der Waals surface area contributed by atoms with Crippen molar-refractivity contribution < 1.29 is 9.59 Å². The average Bonchev–Trinajstić information content (AvgIpc) is 2.31. The largest absolute Gasteiger partial charge is 0.235 e. The van der Waals surface area contributed by atoms with E-state index in [4.69, 9.17) is 0 Å². The summed E-state index contributed by atoms with van der Waals surface area (Å²) in [5.41, 5.74) is 1.10. The Morgan fingerprint density at radius 2 is 1.88 bits per heavy atom. The van der Waals surface area contributed by atoms with Crippen LogP contribution in [-0.4, -0.2) is 24.7 Å². The fourth-order valence-electron chi connectivity index (χ4n) is 1.43. The summed E-state index contributed by atoms with van der Waals surface area (Å²) in [6.45, 7) is 0.339. The molecule has 82 valence electrons. The highest BCUT2D eigenvalue weighted by Crippen LogP contribution is 2.08. The molecular formula is C12H12N2O2. The second kappa shape index (κ2) is 7.30. The van der Waals surface area contributed by atoms with E-state index in [1.807, 2.05) is 30.3 Å². The third-order valence-electron chi connectivity index (χ3n) is 2.19. The first kappa shape index (κ1) is 12.1. The standard InChI is InChI=1S/C12H12N2O2/c15-9-13-7-6-12(14-10-16)8-11-4-2-1-3-5-11/h1-5,12H,6-8H2. The van der Waals surface area contributed by atoms with Gasteiger partial charge in [-0.05, 0) is 18.4 Å². The summed E-state index contributed by atoms with van der Waals surface area (Å²) in [6, 6.07) is 9.56. The third kappa shape index (κ3) is 4.47. The van der Waals surface area contributed by atoms with Gasteiger partial charge in [-0.25, -0.2) is 19.6 Å². The molecule has 0 amide bonds. The zero-order valence-electron chi connectivity index (χ0n) is 8.80. The van der Waals surface area contributed by atoms with Crippen LogP contribution in [-0.2, 0) is 16.0 Å². The lowest BCUT2D eigenvalue weighted by atomic mass is 10.0. The molecule has 0 fully saturated rings. The molecule has 0 spiro atoms. The first-order valence-corrected chi connectivity index (χ1v) is 5.01. The smallest absolute Gasteiger partial charge is 0.211 e. The molecule has 0 aromatic heterocycles. The molecule has 4 heteroatoms. The molecule has 0 N–H and O–H groups in total. The molecule has 1 rings (SSSR count). The van der Waals surface area contributed by atoms with Gasteiger partial charge in [-0.3, -0.25) is 0 Å². The van der Waals surface area contributed by atoms with Crippen LogP contribution in [0.2, 0.25) is 0 Å². The van der Waals surface area contributed by atoms with Gasteiger partial charge in [0.1, 0.15) is 0 Å². The minimum Gasteiger partial charge on any atom is -0.211 e. The van der Waals surface area contributed by atoms with Crippen LogP contribution in [0, 0.1) is 0 Å². The maximum absolute atomic E-state index is 10.2. The molecule has 1 aromatic carbocycles. The van der Waals surface area contributed by atoms with Crippen LogP contribution >= 0.6 is 0 Å². The van der Waals surface area contributed by atoms with Gasteiger partial charge in [0.25, 0.3) is 0 Å². The summed E-state index contributed by atoms with van der Waals surface area (Å²) < 4.78 is 0. The van der Waals surface area contributed by atoms with Crippen molar-refractivity contribution in [2.75, 3.05) is 6.54 Å². The lowest BCUT2D eigenvalue weighted by molar-refractivity contribution is 0.547. The number of hydrogen-bond acceptors (Lipinski definition) is 4. The molecule has 0 aliphatic carbocycles. The lowest BCUT2D eigenvalue weighted by Gasteiger charge is -2.08. The van der Waals surface area contributed by atoms with E-state index in [0.717, 1.165) is 5.56 Å². The summed E-state index contributed by atoms with van der Waals surface area (Å²) >= 11 is 0. The minimum absolute atomic E-state index is 0.169. The molecule has 1 atom stereocenters. The van der Waals surface area contributed by atoms with Gasteiger partial charge in [0.15, 0.2) is 0 Å². The van der Waals surface area contributed by atoms with Crippen molar-refractivity contribution >= 4 is 12.2 Å². The maximum atomic E-state index is 10.2. The molecule has 16 heavy (non-hydrogen) atoms. The van der Waals surface area contributed by atoms with E-state index in [1.54, 1.807) is 6.08 Å². The molecule has 0 heterocycles. The number of isocyanates is 2. The zero-order chi connectivity index (χ0) is 11.6. The van der Waals surface area contributed by atoms with Crippen LogP contribution in [0.4, 0.5) is 0 Å². The lowest BCUT2D eigenvalue weighted by Crippen LogP contribution is -2.10. The quantitative estimate of drug-likeness (QED) is 0.536. The van der Waals surface area contributed by atoms with Crippen LogP contribution < -0.4 is 0 Å². The summed E-state index contributed by atoms with van der Waals surface area (Å²) in [5.74, 6) is 0. The summed E-state index contributed by atoms with van der Waals surface area (Å²) in [4.78, 5) is 27.3. The molecule has 1 unspecified atom stereocenters. The number of nitrogens with zero attached hydrogens (tertiary/aromatic N) is 2. The van der Waals surface area contributed by atoms with Gasteiger partial charge in [0, 0.05) is 0 Å². The van der Waals surface area contributed by atoms with Crippen molar-refractivity contribution in [3.05, 3.63) is 35.9 Å². The fraction of sp³-hybridized carbons (Fsp3) is 0.333. The van der Waals surface area contributed by atoms with E-state index in [0.29, 0.717) is 19.4 Å². The molecule has 0 saturated heterocycles. The molecular weight excluding hydrogens is 204 g/mol. The highest BCUT2D eigenvalue weighted by molar-refractivity contribution is 5.34. The summed E-state index contributed by atoms with van der Waals surface area (Å²) in [6.07, 6.45) is 4.23. The predicted molar refractivity (Wildman–Crippen MR) is 59.7 cm³/mol. The van der Waals surface area contributed by atoms with Crippen molar-refractivity contribution in [1.82, 2.24) is 0 Å². The molecule has 0 bridgehead atoms. The number of benzene rings is 1. The van der Waals surface area contributed by atoms with E-state index >= 15 is 0 Å². The van der Waals surface area contributed by atoms with Crippen molar-refractivity contribution in [3.63, 3.8) is 0 Å². The second-order valence-corrected chi connectivity index (χ2v) is 3.33. The Bertz CT molecular complexity index is 404. The Labute approximate surface area is 93.7 Å². The molecule has 1 aromatic rings. The van der Waals surface area contributed by atoms with Crippen LogP contribution in [0.15, 0.2) is 40.3 Å². The zero-order valence-corrected chi connectivity index (χ0v) is 8.80. The summed E-state index contributed by atoms with van der Waals surface area (Å²) in [7, 11) is 0. The molecule has 0 aliphatic rings. The Hall–Kier alpha value is -2.02. The van der Waals surface area contributed by atoms with Crippen molar-refractivity contribution in [2.45, 2.75) is 18.9 Å². The number of rotatable bonds is 6.